The van der Waals surface area contributed by atoms with Gasteiger partial charge < -0.3 is 45.6 Å². The van der Waals surface area contributed by atoms with Crippen LogP contribution in [-0.2, 0) is 14.4 Å². The highest BCUT2D eigenvalue weighted by Gasteiger charge is 2.44. The molecule has 2 aromatic heterocycles. The molecule has 0 saturated carbocycles. The van der Waals surface area contributed by atoms with Gasteiger partial charge in [-0.1, -0.05) is 74.7 Å². The van der Waals surface area contributed by atoms with Gasteiger partial charge in [-0.05, 0) is 74.0 Å². The summed E-state index contributed by atoms with van der Waals surface area (Å²) >= 11 is 14.5. The van der Waals surface area contributed by atoms with Crippen LogP contribution in [0.2, 0.25) is 10.0 Å². The van der Waals surface area contributed by atoms with Crippen molar-refractivity contribution in [2.75, 3.05) is 81.0 Å². The number of halogens is 2. The van der Waals surface area contributed by atoms with Gasteiger partial charge in [-0.15, -0.1) is 11.3 Å². The lowest BCUT2D eigenvalue weighted by Crippen LogP contribution is -2.57. The third kappa shape index (κ3) is 13.7. The average molecular weight is 1070 g/mol. The highest BCUT2D eigenvalue weighted by atomic mass is 35.5. The Bertz CT molecular complexity index is 2720. The van der Waals surface area contributed by atoms with E-state index in [1.54, 1.807) is 24.5 Å². The monoisotopic (exact) mass is 1070 g/mol. The smallest absolute Gasteiger partial charge is 0.327 e. The number of unbranched alkanes of at least 4 members (excludes halogenated alkanes) is 2. The van der Waals surface area contributed by atoms with E-state index in [-0.39, 0.29) is 70.4 Å². The van der Waals surface area contributed by atoms with Crippen molar-refractivity contribution in [3.05, 3.63) is 93.8 Å². The van der Waals surface area contributed by atoms with Crippen molar-refractivity contribution >= 4 is 87.0 Å². The number of hydrogen-bond donors (Lipinski definition) is 5. The molecule has 4 heterocycles. The molecule has 5 amide bonds. The number of hydrogen-bond acceptors (Lipinski definition) is 14. The van der Waals surface area contributed by atoms with E-state index in [0.29, 0.717) is 18.1 Å². The molecule has 3 aromatic carbocycles. The number of β-amino-alcohol motifs (C(OH)–C–C–N with tert-alkyl or cyclic N) is 1. The van der Waals surface area contributed by atoms with E-state index < -0.39 is 29.6 Å². The van der Waals surface area contributed by atoms with Gasteiger partial charge in [0.2, 0.25) is 17.7 Å². The van der Waals surface area contributed by atoms with E-state index in [1.807, 2.05) is 76.5 Å². The SMILES string of the molecule is COc1cc(OC)c(Cl)c(NC(=O)N(C)c2cc(Nc3ccc(N4CCN(CCCCCC(=O)NC(C(=O)N5CC(O)CC5C(=O)NC(C)c5ccc(-c6scnc6C)cc5)C(C)(C)C)CC4)cc3)ncn2)c1Cl. The maximum Gasteiger partial charge on any atom is 0.327 e. The van der Waals surface area contributed by atoms with Crippen LogP contribution in [0.4, 0.5) is 33.5 Å². The second-order valence-corrected chi connectivity index (χ2v) is 21.3. The number of methoxy groups -OCH3 is 2. The van der Waals surface area contributed by atoms with Crippen molar-refractivity contribution < 1.29 is 33.8 Å². The maximum atomic E-state index is 14.2. The molecule has 5 N–H and O–H groups in total. The number of benzene rings is 3. The van der Waals surface area contributed by atoms with Crippen LogP contribution in [0.15, 0.2) is 72.5 Å². The molecule has 18 nitrogen and oxygen atoms in total. The summed E-state index contributed by atoms with van der Waals surface area (Å²) in [5.41, 5.74) is 6.18. The van der Waals surface area contributed by atoms with Crippen molar-refractivity contribution in [2.24, 2.45) is 5.41 Å². The highest BCUT2D eigenvalue weighted by molar-refractivity contribution is 7.13. The zero-order valence-corrected chi connectivity index (χ0v) is 45.5. The number of aryl methyl sites for hydroxylation is 1. The summed E-state index contributed by atoms with van der Waals surface area (Å²) in [7, 11) is 4.46. The topological polar surface area (TPSA) is 207 Å². The van der Waals surface area contributed by atoms with Crippen molar-refractivity contribution in [3.8, 4) is 21.9 Å². The van der Waals surface area contributed by atoms with E-state index in [0.717, 1.165) is 78.6 Å². The van der Waals surface area contributed by atoms with Crippen LogP contribution in [0.1, 0.15) is 77.1 Å². The number of thiazole rings is 1. The number of aromatic nitrogens is 3. The molecule has 7 rings (SSSR count). The number of amides is 5. The number of rotatable bonds is 19. The number of nitrogens with one attached hydrogen (secondary N) is 4. The number of carbonyl (C=O) groups is 4. The zero-order valence-electron chi connectivity index (χ0n) is 43.2. The van der Waals surface area contributed by atoms with Crippen LogP contribution in [0.3, 0.4) is 0 Å². The molecule has 0 radical (unpaired) electrons. The number of likely N-dealkylation sites (tertiary alicyclic amines) is 1. The molecule has 0 aliphatic carbocycles. The van der Waals surface area contributed by atoms with Gasteiger partial charge in [0.25, 0.3) is 0 Å². The van der Waals surface area contributed by atoms with Gasteiger partial charge in [0.05, 0.1) is 48.1 Å². The van der Waals surface area contributed by atoms with Gasteiger partial charge in [0.1, 0.15) is 51.6 Å². The van der Waals surface area contributed by atoms with Crippen LogP contribution in [0.25, 0.3) is 10.4 Å². The standard InChI is InChI=1S/C53H67Cl2N11O7S/c1-32(34-13-15-35(16-14-34)48-33(2)58-31-74-48)59-50(69)39-26-38(67)29-66(39)51(70)49(53(3,4)5)61-44(68)12-10-9-11-21-64-22-24-65(25-23-64)37-19-17-36(18-20-37)60-42-28-43(57-30-56-42)63(6)52(71)62-47-45(54)40(72-7)27-41(73-8)46(47)55/h13-20,27-28,30-32,38-39,49,67H,9-12,21-26,29H2,1-8H3,(H,59,69)(H,61,68)(H,62,71)(H,56,57,60). The second-order valence-electron chi connectivity index (χ2n) is 19.7. The molecular weight excluding hydrogens is 1010 g/mol. The van der Waals surface area contributed by atoms with Gasteiger partial charge in [0.15, 0.2) is 0 Å². The van der Waals surface area contributed by atoms with Crippen LogP contribution < -0.4 is 40.5 Å². The normalized spacial score (nSPS) is 16.8. The Hall–Kier alpha value is -6.25. The molecular formula is C53H67Cl2N11O7S. The first-order valence-electron chi connectivity index (χ1n) is 24.7. The summed E-state index contributed by atoms with van der Waals surface area (Å²) in [4.78, 5) is 76.1. The Morgan fingerprint density at radius 1 is 0.892 bits per heavy atom. The summed E-state index contributed by atoms with van der Waals surface area (Å²) in [6.07, 6.45) is 3.40. The minimum atomic E-state index is -0.875. The van der Waals surface area contributed by atoms with Crippen LogP contribution in [0, 0.1) is 12.3 Å². The van der Waals surface area contributed by atoms with Crippen molar-refractivity contribution in [2.45, 2.75) is 91.0 Å². The number of anilines is 5. The average Bonchev–Trinajstić information content (AvgIpc) is 4.01. The van der Waals surface area contributed by atoms with Crippen molar-refractivity contribution in [1.82, 2.24) is 35.4 Å². The number of aliphatic hydroxyl groups is 1. The van der Waals surface area contributed by atoms with E-state index in [9.17, 15) is 24.3 Å². The Morgan fingerprint density at radius 2 is 1.57 bits per heavy atom. The first-order chi connectivity index (χ1) is 35.3. The molecule has 21 heteroatoms. The van der Waals surface area contributed by atoms with Gasteiger partial charge in [-0.2, -0.15) is 0 Å². The molecule has 396 valence electrons. The lowest BCUT2D eigenvalue weighted by atomic mass is 9.85. The molecule has 0 spiro atoms. The van der Waals surface area contributed by atoms with Gasteiger partial charge in [0, 0.05) is 76.1 Å². The van der Waals surface area contributed by atoms with Crippen molar-refractivity contribution in [3.63, 3.8) is 0 Å². The first kappa shape index (κ1) is 55.5. The minimum absolute atomic E-state index is 0.0170. The second kappa shape index (κ2) is 24.9. The molecule has 2 aliphatic rings. The molecule has 2 saturated heterocycles. The van der Waals surface area contributed by atoms with E-state index in [2.05, 4.69) is 58.2 Å². The Balaban J connectivity index is 0.819. The maximum absolute atomic E-state index is 14.2. The fourth-order valence-electron chi connectivity index (χ4n) is 9.07. The molecule has 2 fully saturated rings. The van der Waals surface area contributed by atoms with E-state index in [1.165, 1.54) is 36.4 Å². The highest BCUT2D eigenvalue weighted by Crippen LogP contribution is 2.44. The summed E-state index contributed by atoms with van der Waals surface area (Å²) in [5.74, 6) is 0.462. The number of ether oxygens (including phenoxy) is 2. The first-order valence-corrected chi connectivity index (χ1v) is 26.4. The molecule has 0 bridgehead atoms. The molecule has 4 unspecified atom stereocenters. The summed E-state index contributed by atoms with van der Waals surface area (Å²) in [6.45, 7) is 14.1. The number of piperazine rings is 1. The van der Waals surface area contributed by atoms with E-state index >= 15 is 0 Å². The molecule has 2 aliphatic heterocycles. The lowest BCUT2D eigenvalue weighted by Gasteiger charge is -2.36. The van der Waals surface area contributed by atoms with Crippen molar-refractivity contribution in [1.29, 1.82) is 0 Å². The molecule has 74 heavy (non-hydrogen) atoms. The third-order valence-electron chi connectivity index (χ3n) is 13.4. The molecule has 5 aromatic rings. The van der Waals surface area contributed by atoms with Gasteiger partial charge in [-0.25, -0.2) is 19.7 Å². The fourth-order valence-corrected chi connectivity index (χ4v) is 10.5. The van der Waals surface area contributed by atoms with Crippen LogP contribution >= 0.6 is 34.5 Å². The number of nitrogens with zero attached hydrogens (tertiary/aromatic N) is 7. The Labute approximate surface area is 447 Å². The van der Waals surface area contributed by atoms with Crippen LogP contribution in [-0.4, -0.2) is 132 Å². The van der Waals surface area contributed by atoms with Gasteiger partial charge >= 0.3 is 6.03 Å². The van der Waals surface area contributed by atoms with Crippen LogP contribution in [0.5, 0.6) is 11.5 Å². The van der Waals surface area contributed by atoms with E-state index in [4.69, 9.17) is 32.7 Å². The quantitative estimate of drug-likeness (QED) is 0.0492. The predicted octanol–water partition coefficient (Wildman–Crippen LogP) is 8.70. The number of aliphatic hydroxyl groups excluding tert-OH is 1. The largest absolute Gasteiger partial charge is 0.495 e. The summed E-state index contributed by atoms with van der Waals surface area (Å²) in [6, 6.07) is 16.6. The molecule has 4 atom stereocenters. The van der Waals surface area contributed by atoms with Gasteiger partial charge in [-0.3, -0.25) is 24.2 Å². The predicted molar refractivity (Wildman–Crippen MR) is 292 cm³/mol. The zero-order chi connectivity index (χ0) is 53.3. The number of carbonyl (C=O) groups excluding carboxylic acids is 4. The Morgan fingerprint density at radius 3 is 2.19 bits per heavy atom. The Kier molecular flexibility index (Phi) is 18.6. The third-order valence-corrected chi connectivity index (χ3v) is 15.2. The lowest BCUT2D eigenvalue weighted by molar-refractivity contribution is -0.144. The summed E-state index contributed by atoms with van der Waals surface area (Å²) in [5, 5.41) is 23.0. The number of urea groups is 1. The summed E-state index contributed by atoms with van der Waals surface area (Å²) < 4.78 is 10.6. The fraction of sp³-hybridized carbons (Fsp3) is 0.453. The minimum Gasteiger partial charge on any atom is -0.495 e.